The van der Waals surface area contributed by atoms with Crippen molar-refractivity contribution in [3.05, 3.63) is 104 Å². The number of carboxylic acids is 1. The van der Waals surface area contributed by atoms with Gasteiger partial charge in [0.2, 0.25) is 14.9 Å². The minimum atomic E-state index is -1.86. The second kappa shape index (κ2) is 12.8. The fourth-order valence-electron chi connectivity index (χ4n) is 5.84. The predicted octanol–water partition coefficient (Wildman–Crippen LogP) is 5.35. The molecule has 3 aromatic rings. The molecule has 1 unspecified atom stereocenters. The van der Waals surface area contributed by atoms with Crippen LogP contribution in [0.5, 0.6) is 11.5 Å². The minimum absolute atomic E-state index is 0.00289. The Labute approximate surface area is 273 Å². The molecule has 4 atom stereocenters. The number of carboxylic acid groups (broad SMARTS) is 1. The van der Waals surface area contributed by atoms with Crippen LogP contribution in [-0.2, 0) is 20.6 Å². The van der Waals surface area contributed by atoms with Crippen molar-refractivity contribution in [2.45, 2.75) is 70.5 Å². The summed E-state index contributed by atoms with van der Waals surface area (Å²) in [5.74, 6) is -1.70. The number of β-lactam (4-membered cyclic amide) rings is 1. The van der Waals surface area contributed by atoms with Gasteiger partial charge in [-0.2, -0.15) is 0 Å². The van der Waals surface area contributed by atoms with Crippen molar-refractivity contribution in [1.29, 1.82) is 0 Å². The van der Waals surface area contributed by atoms with Crippen molar-refractivity contribution in [3.8, 4) is 11.5 Å². The summed E-state index contributed by atoms with van der Waals surface area (Å²) >= 11 is 0. The van der Waals surface area contributed by atoms with E-state index in [4.69, 9.17) is 18.3 Å². The van der Waals surface area contributed by atoms with Crippen molar-refractivity contribution < 1.29 is 37.9 Å². The highest BCUT2D eigenvalue weighted by atomic mass is 28.3. The summed E-state index contributed by atoms with van der Waals surface area (Å²) in [6.07, 6.45) is 2.26. The second-order valence-corrected chi connectivity index (χ2v) is 15.7. The molecule has 47 heavy (non-hydrogen) atoms. The number of hydrogen-bond acceptors (Lipinski definition) is 9. The molecule has 1 saturated heterocycles. The van der Waals surface area contributed by atoms with Crippen LogP contribution in [0.15, 0.2) is 87.2 Å². The molecule has 5 rings (SSSR count). The summed E-state index contributed by atoms with van der Waals surface area (Å²) in [4.78, 5) is 50.2. The number of rotatable bonds is 12. The van der Waals surface area contributed by atoms with Gasteiger partial charge >= 0.3 is 11.6 Å². The van der Waals surface area contributed by atoms with Gasteiger partial charge < -0.3 is 23.4 Å². The molecule has 2 aromatic carbocycles. The monoisotopic (exact) mass is 661 g/mol. The maximum absolute atomic E-state index is 13.3. The average molecular weight is 662 g/mol. The zero-order valence-electron chi connectivity index (χ0n) is 27.0. The second-order valence-electron chi connectivity index (χ2n) is 12.9. The molecule has 0 saturated carbocycles. The summed E-state index contributed by atoms with van der Waals surface area (Å²) in [6, 6.07) is 14.4. The molecule has 1 radical (unpaired) electrons. The number of nitrogens with zero attached hydrogens (tertiary/aromatic N) is 2. The van der Waals surface area contributed by atoms with Gasteiger partial charge in [0.05, 0.1) is 17.6 Å². The van der Waals surface area contributed by atoms with Crippen LogP contribution in [0, 0.1) is 16.0 Å². The van der Waals surface area contributed by atoms with Gasteiger partial charge in [-0.3, -0.25) is 19.8 Å². The molecule has 1 aromatic heterocycles. The fraction of sp³-hybridized carbons (Fsp3) is 0.382. The van der Waals surface area contributed by atoms with E-state index >= 15 is 0 Å². The lowest BCUT2D eigenvalue weighted by atomic mass is 9.73. The summed E-state index contributed by atoms with van der Waals surface area (Å²) in [5.41, 5.74) is -1.47. The first kappa shape index (κ1) is 33.6. The molecule has 247 valence electrons. The zero-order chi connectivity index (χ0) is 34.3. The number of benzene rings is 2. The number of hydrogen-bond donors (Lipinski definition) is 1. The van der Waals surface area contributed by atoms with E-state index in [1.807, 2.05) is 39.5 Å². The molecule has 12 nitrogen and oxygen atoms in total. The Kier molecular flexibility index (Phi) is 9.15. The van der Waals surface area contributed by atoms with Crippen LogP contribution >= 0.6 is 0 Å². The van der Waals surface area contributed by atoms with Gasteiger partial charge in [0.1, 0.15) is 42.0 Å². The molecule has 1 fully saturated rings. The largest absolute Gasteiger partial charge is 0.490 e. The van der Waals surface area contributed by atoms with Gasteiger partial charge in [-0.15, -0.1) is 0 Å². The highest BCUT2D eigenvalue weighted by molar-refractivity contribution is 6.53. The third-order valence-corrected chi connectivity index (χ3v) is 11.7. The molecule has 0 aliphatic carbocycles. The van der Waals surface area contributed by atoms with Crippen molar-refractivity contribution in [1.82, 2.24) is 4.90 Å². The molecule has 2 aliphatic heterocycles. The number of amides is 1. The Bertz CT molecular complexity index is 1830. The molecule has 1 amide bonds. The van der Waals surface area contributed by atoms with E-state index in [0.29, 0.717) is 17.1 Å². The van der Waals surface area contributed by atoms with Gasteiger partial charge in [0.15, 0.2) is 0 Å². The fourth-order valence-corrected chi connectivity index (χ4v) is 6.90. The number of nitro groups is 1. The highest BCUT2D eigenvalue weighted by Gasteiger charge is 2.72. The zero-order valence-corrected chi connectivity index (χ0v) is 28.0. The molecule has 2 aliphatic rings. The van der Waals surface area contributed by atoms with Gasteiger partial charge in [0, 0.05) is 29.4 Å². The Balaban J connectivity index is 1.24. The number of carbonyl (C=O) groups excluding carboxylic acids is 1. The molecule has 1 N–H and O–H groups in total. The van der Waals surface area contributed by atoms with Crippen molar-refractivity contribution in [2.24, 2.45) is 5.92 Å². The summed E-state index contributed by atoms with van der Waals surface area (Å²) < 4.78 is 23.0. The Morgan fingerprint density at radius 1 is 1.13 bits per heavy atom. The number of fused-ring (bicyclic) bond motifs is 2. The van der Waals surface area contributed by atoms with Crippen molar-refractivity contribution in [3.63, 3.8) is 0 Å². The van der Waals surface area contributed by atoms with E-state index in [9.17, 15) is 29.6 Å². The Hall–Kier alpha value is -4.75. The van der Waals surface area contributed by atoms with Crippen molar-refractivity contribution in [2.75, 3.05) is 6.61 Å². The highest BCUT2D eigenvalue weighted by Crippen LogP contribution is 2.52. The molecular weight excluding hydrogens is 624 g/mol. The lowest BCUT2D eigenvalue weighted by Gasteiger charge is -2.48. The molecule has 13 heteroatoms. The molecular formula is C34H37N2O10Si. The molecule has 0 bridgehead atoms. The lowest BCUT2D eigenvalue weighted by Crippen LogP contribution is -2.70. The third-order valence-electron chi connectivity index (χ3n) is 8.82. The summed E-state index contributed by atoms with van der Waals surface area (Å²) in [6.45, 7) is 11.4. The van der Waals surface area contributed by atoms with Crippen LogP contribution in [0.25, 0.3) is 11.0 Å². The van der Waals surface area contributed by atoms with Gasteiger partial charge in [-0.25, -0.2) is 9.59 Å². The van der Waals surface area contributed by atoms with E-state index in [1.165, 1.54) is 25.1 Å². The van der Waals surface area contributed by atoms with Gasteiger partial charge in [-0.05, 0) is 60.5 Å². The topological polar surface area (TPSA) is 159 Å². The maximum atomic E-state index is 13.3. The lowest BCUT2D eigenvalue weighted by molar-refractivity contribution is -0.561. The third kappa shape index (κ3) is 6.45. The number of aliphatic carboxylic acids is 1. The van der Waals surface area contributed by atoms with E-state index in [0.717, 1.165) is 15.8 Å². The van der Waals surface area contributed by atoms with E-state index in [1.54, 1.807) is 43.3 Å². The standard InChI is InChI=1S/C34H37N2O10Si/c1-20(46-47(6)33(2,3)4)28-30-34(5,36(41)42)25(29(32(39)40)35(30)31(28)38)8-7-17-43-23-13-9-21(10-14-23)19-44-24-15-11-22-12-16-27(37)45-26(22)18-24/h7-16,18,20,28,30H,17,19H2,1-6H3,(H,39,40)/b8-7+/t20?,28-,30-,34+/m1/s1. The van der Waals surface area contributed by atoms with E-state index < -0.39 is 60.8 Å². The first-order valence-corrected chi connectivity index (χ1v) is 17.0. The van der Waals surface area contributed by atoms with E-state index in [-0.39, 0.29) is 23.8 Å². The summed E-state index contributed by atoms with van der Waals surface area (Å²) in [7, 11) is -1.37. The minimum Gasteiger partial charge on any atom is -0.490 e. The van der Waals surface area contributed by atoms with Crippen LogP contribution < -0.4 is 15.1 Å². The SMILES string of the molecule is CC(O[Si](C)C(C)(C)C)[C@H]1C(=O)N2C(C(=O)O)=C(/C=C/COc3ccc(COc4ccc5ccc(=O)oc5c4)cc3)[C@](C)([N+](=O)[O-])[C@@H]12. The maximum Gasteiger partial charge on any atom is 0.353 e. The van der Waals surface area contributed by atoms with E-state index in [2.05, 4.69) is 0 Å². The first-order chi connectivity index (χ1) is 22.1. The van der Waals surface area contributed by atoms with Crippen LogP contribution in [0.2, 0.25) is 11.6 Å². The van der Waals surface area contributed by atoms with Crippen LogP contribution in [0.3, 0.4) is 0 Å². The first-order valence-electron chi connectivity index (χ1n) is 15.1. The number of ether oxygens (including phenoxy) is 2. The molecule has 3 heterocycles. The molecule has 0 spiro atoms. The van der Waals surface area contributed by atoms with Gasteiger partial charge in [-0.1, -0.05) is 39.0 Å². The van der Waals surface area contributed by atoms with Crippen molar-refractivity contribution >= 4 is 31.9 Å². The van der Waals surface area contributed by atoms with Crippen LogP contribution in [0.1, 0.15) is 40.2 Å². The average Bonchev–Trinajstić information content (AvgIpc) is 3.23. The van der Waals surface area contributed by atoms with Gasteiger partial charge in [0.25, 0.3) is 5.54 Å². The quantitative estimate of drug-likeness (QED) is 0.0882. The number of carbonyl (C=O) groups is 2. The Morgan fingerprint density at radius 2 is 1.79 bits per heavy atom. The smallest absolute Gasteiger partial charge is 0.353 e. The predicted molar refractivity (Wildman–Crippen MR) is 174 cm³/mol. The van der Waals surface area contributed by atoms with Crippen LogP contribution in [0.4, 0.5) is 0 Å². The Morgan fingerprint density at radius 3 is 2.43 bits per heavy atom. The normalized spacial score (nSPS) is 21.7. The van der Waals surface area contributed by atoms with Crippen LogP contribution in [-0.4, -0.2) is 60.1 Å². The summed E-state index contributed by atoms with van der Waals surface area (Å²) in [5, 5.41) is 23.3.